The molecule has 1 aliphatic carbocycles. The number of carbonyl (C=O) groups is 1. The van der Waals surface area contributed by atoms with Crippen molar-refractivity contribution in [1.82, 2.24) is 0 Å². The molecule has 0 amide bonds. The van der Waals surface area contributed by atoms with Crippen LogP contribution in [0.1, 0.15) is 5.56 Å². The third kappa shape index (κ3) is 9.88. The van der Waals surface area contributed by atoms with Crippen LogP contribution in [0.25, 0.3) is 0 Å². The molecule has 4 rings (SSSR count). The van der Waals surface area contributed by atoms with Crippen LogP contribution in [0.2, 0.25) is 0 Å². The third-order valence-corrected chi connectivity index (χ3v) is 3.41. The molecule has 0 atom stereocenters. The second-order valence-electron chi connectivity index (χ2n) is 5.34. The van der Waals surface area contributed by atoms with E-state index in [9.17, 15) is 9.90 Å². The van der Waals surface area contributed by atoms with Gasteiger partial charge in [0, 0.05) is 22.6 Å². The molecule has 0 radical (unpaired) electrons. The van der Waals surface area contributed by atoms with Crippen LogP contribution < -0.4 is 0 Å². The quantitative estimate of drug-likeness (QED) is 0.261. The smallest absolute Gasteiger partial charge is 0.504 e. The molecule has 0 fully saturated rings. The molecule has 3 aromatic rings. The predicted molar refractivity (Wildman–Crippen MR) is 103 cm³/mol. The molecular formula is C23H21Fe2O2-. The van der Waals surface area contributed by atoms with E-state index in [1.165, 1.54) is 0 Å². The van der Waals surface area contributed by atoms with Crippen molar-refractivity contribution >= 4 is 5.78 Å². The van der Waals surface area contributed by atoms with Crippen LogP contribution >= 0.6 is 0 Å². The molecule has 27 heavy (non-hydrogen) atoms. The number of hydrogen-bond donors (Lipinski definition) is 1. The molecule has 3 aromatic carbocycles. The zero-order valence-corrected chi connectivity index (χ0v) is 16.9. The van der Waals surface area contributed by atoms with Crippen LogP contribution in [0.15, 0.2) is 121 Å². The molecule has 0 aliphatic heterocycles. The monoisotopic (exact) mass is 441 g/mol. The normalized spacial score (nSPS) is 10.4. The number of aliphatic hydroxyl groups excluding tert-OH is 1. The van der Waals surface area contributed by atoms with E-state index in [1.54, 1.807) is 24.3 Å². The van der Waals surface area contributed by atoms with Gasteiger partial charge in [0.1, 0.15) is 0 Å². The summed E-state index contributed by atoms with van der Waals surface area (Å²) in [6.45, 7) is 0. The molecule has 0 unspecified atom stereocenters. The fourth-order valence-electron chi connectivity index (χ4n) is 2.14. The Hall–Kier alpha value is -2.22. The number of rotatable bonds is 3. The summed E-state index contributed by atoms with van der Waals surface area (Å²) in [4.78, 5) is 11.6. The maximum absolute atomic E-state index is 11.6. The minimum atomic E-state index is -0.243. The van der Waals surface area contributed by atoms with Gasteiger partial charge in [-0.2, -0.15) is 48.5 Å². The van der Waals surface area contributed by atoms with E-state index in [2.05, 4.69) is 0 Å². The Morgan fingerprint density at radius 1 is 0.852 bits per heavy atom. The summed E-state index contributed by atoms with van der Waals surface area (Å²) in [5.74, 6) is -0.395. The first-order chi connectivity index (χ1) is 12.3. The van der Waals surface area contributed by atoms with Gasteiger partial charge >= 0.3 is 17.1 Å². The Morgan fingerprint density at radius 2 is 1.30 bits per heavy atom. The maximum atomic E-state index is 11.6. The van der Waals surface area contributed by atoms with Gasteiger partial charge in [-0.15, -0.1) is 5.56 Å². The van der Waals surface area contributed by atoms with Gasteiger partial charge in [-0.3, -0.25) is 4.79 Å². The van der Waals surface area contributed by atoms with Gasteiger partial charge in [0.2, 0.25) is 0 Å². The Balaban J connectivity index is 0.000000465. The largest absolute Gasteiger partial charge is 2.00 e. The van der Waals surface area contributed by atoms with Crippen LogP contribution in [0.5, 0.6) is 0 Å². The molecule has 0 saturated heterocycles. The zero-order valence-electron chi connectivity index (χ0n) is 14.7. The number of carbonyl (C=O) groups excluding carboxylic acids is 1. The average Bonchev–Trinajstić information content (AvgIpc) is 3.46. The number of ketones is 1. The van der Waals surface area contributed by atoms with Crippen molar-refractivity contribution in [2.75, 3.05) is 0 Å². The van der Waals surface area contributed by atoms with Crippen molar-refractivity contribution in [2.45, 2.75) is 6.42 Å². The summed E-state index contributed by atoms with van der Waals surface area (Å²) in [5, 5.41) is 9.64. The van der Waals surface area contributed by atoms with Gasteiger partial charge in [0.25, 0.3) is 0 Å². The van der Waals surface area contributed by atoms with E-state index in [4.69, 9.17) is 0 Å². The molecule has 2 nitrogen and oxygen atoms in total. The van der Waals surface area contributed by atoms with Gasteiger partial charge < -0.3 is 5.11 Å². The summed E-state index contributed by atoms with van der Waals surface area (Å²) in [6, 6.07) is 27.5. The number of Topliss-reactive ketones (excluding diaryl/α,β-unsaturated/α-hetero) is 1. The van der Waals surface area contributed by atoms with E-state index in [-0.39, 0.29) is 52.1 Å². The first-order valence-corrected chi connectivity index (χ1v) is 8.12. The Kier molecular flexibility index (Phi) is 13.7. The second-order valence-corrected chi connectivity index (χ2v) is 5.34. The standard InChI is InChI=1S/C13H11O2.2C5H5.2Fe/c14-12(9-10-5-1-2-6-10)13(15)11-7-3-4-8-11;2*1-2-4-5-3-1;;/h1-8,15H,9H2;2*1-5H;;/q3*-1;;+2. The van der Waals surface area contributed by atoms with Crippen LogP contribution in [0.4, 0.5) is 0 Å². The van der Waals surface area contributed by atoms with E-state index in [0.29, 0.717) is 5.57 Å². The van der Waals surface area contributed by atoms with Crippen LogP contribution in [-0.4, -0.2) is 10.9 Å². The number of allylic oxidation sites excluding steroid dienone is 6. The predicted octanol–water partition coefficient (Wildman–Crippen LogP) is 5.26. The molecule has 4 heteroatoms. The van der Waals surface area contributed by atoms with Gasteiger partial charge in [-0.1, -0.05) is 24.3 Å². The number of hydrogen-bond acceptors (Lipinski definition) is 2. The Morgan fingerprint density at radius 3 is 1.67 bits per heavy atom. The fraction of sp³-hybridized carbons (Fsp3) is 0.0435. The molecule has 1 aliphatic rings. The van der Waals surface area contributed by atoms with E-state index in [0.717, 1.165) is 5.56 Å². The van der Waals surface area contributed by atoms with Crippen molar-refractivity contribution in [2.24, 2.45) is 0 Å². The van der Waals surface area contributed by atoms with Crippen LogP contribution in [0, 0.1) is 0 Å². The number of aliphatic hydroxyl groups is 1. The molecule has 0 aromatic heterocycles. The van der Waals surface area contributed by atoms with Gasteiger partial charge in [0.15, 0.2) is 11.5 Å². The molecule has 0 spiro atoms. The SMILES string of the molecule is O=C(C[c-]1cccc1)C(O)=C1C=CC=C1.[Fe+2].[Fe].c1cc[cH-]c1.c1cc[cH-]c1. The molecule has 1 N–H and O–H groups in total. The van der Waals surface area contributed by atoms with E-state index in [1.807, 2.05) is 84.9 Å². The maximum Gasteiger partial charge on any atom is 2.00 e. The van der Waals surface area contributed by atoms with Gasteiger partial charge in [-0.05, 0) is 6.42 Å². The molecule has 0 heterocycles. The second kappa shape index (κ2) is 14.9. The van der Waals surface area contributed by atoms with Crippen molar-refractivity contribution in [3.63, 3.8) is 0 Å². The molecular weight excluding hydrogens is 420 g/mol. The van der Waals surface area contributed by atoms with Crippen LogP contribution in [0.3, 0.4) is 0 Å². The molecule has 0 saturated carbocycles. The topological polar surface area (TPSA) is 37.3 Å². The van der Waals surface area contributed by atoms with Gasteiger partial charge in [-0.25, -0.2) is 36.4 Å². The van der Waals surface area contributed by atoms with Crippen molar-refractivity contribution in [3.05, 3.63) is 126 Å². The van der Waals surface area contributed by atoms with Crippen molar-refractivity contribution in [1.29, 1.82) is 0 Å². The Labute approximate surface area is 182 Å². The minimum absolute atomic E-state index is 0. The van der Waals surface area contributed by atoms with E-state index >= 15 is 0 Å². The zero-order chi connectivity index (χ0) is 17.7. The average molecular weight is 441 g/mol. The Bertz CT molecular complexity index is 716. The van der Waals surface area contributed by atoms with Gasteiger partial charge in [0.05, 0.1) is 0 Å². The summed E-state index contributed by atoms with van der Waals surface area (Å²) >= 11 is 0. The summed E-state index contributed by atoms with van der Waals surface area (Å²) < 4.78 is 0. The fourth-order valence-corrected chi connectivity index (χ4v) is 2.14. The van der Waals surface area contributed by atoms with Crippen molar-refractivity contribution in [3.8, 4) is 0 Å². The summed E-state index contributed by atoms with van der Waals surface area (Å²) in [5.41, 5.74) is 1.52. The van der Waals surface area contributed by atoms with E-state index < -0.39 is 0 Å². The molecule has 142 valence electrons. The third-order valence-electron chi connectivity index (χ3n) is 3.41. The molecule has 0 bridgehead atoms. The first kappa shape index (κ1) is 24.8. The minimum Gasteiger partial charge on any atom is -0.504 e. The summed E-state index contributed by atoms with van der Waals surface area (Å²) in [7, 11) is 0. The first-order valence-electron chi connectivity index (χ1n) is 8.12. The summed E-state index contributed by atoms with van der Waals surface area (Å²) in [6.07, 6.45) is 7.28. The van der Waals surface area contributed by atoms with Crippen molar-refractivity contribution < 1.29 is 44.0 Å². The van der Waals surface area contributed by atoms with Crippen LogP contribution in [-0.2, 0) is 45.4 Å².